The van der Waals surface area contributed by atoms with Crippen LogP contribution in [-0.4, -0.2) is 46.8 Å². The Morgan fingerprint density at radius 2 is 2.19 bits per heavy atom. The second-order valence-electron chi connectivity index (χ2n) is 5.56. The van der Waals surface area contributed by atoms with Crippen molar-refractivity contribution in [3.05, 3.63) is 10.6 Å². The molecular formula is C14H23N5OS. The van der Waals surface area contributed by atoms with Gasteiger partial charge in [-0.2, -0.15) is 5.10 Å². The number of fused-ring (bicyclic) bond motifs is 1. The van der Waals surface area contributed by atoms with E-state index in [0.717, 1.165) is 22.5 Å². The highest BCUT2D eigenvalue weighted by Crippen LogP contribution is 2.35. The van der Waals surface area contributed by atoms with Gasteiger partial charge < -0.3 is 16.0 Å². The molecule has 0 saturated carbocycles. The van der Waals surface area contributed by atoms with Gasteiger partial charge in [-0.25, -0.2) is 0 Å². The molecule has 0 bridgehead atoms. The molecule has 2 aromatic rings. The molecule has 6 nitrogen and oxygen atoms in total. The first-order valence-electron chi connectivity index (χ1n) is 7.03. The van der Waals surface area contributed by atoms with Gasteiger partial charge in [0.2, 0.25) is 0 Å². The van der Waals surface area contributed by atoms with Crippen LogP contribution in [0.25, 0.3) is 10.2 Å². The number of rotatable bonds is 5. The lowest BCUT2D eigenvalue weighted by Crippen LogP contribution is -2.36. The molecule has 2 heterocycles. The molecule has 0 saturated heterocycles. The van der Waals surface area contributed by atoms with Crippen LogP contribution >= 0.6 is 11.3 Å². The number of thiophene rings is 1. The minimum atomic E-state index is -0.106. The van der Waals surface area contributed by atoms with Crippen molar-refractivity contribution in [3.8, 4) is 0 Å². The van der Waals surface area contributed by atoms with Crippen LogP contribution < -0.4 is 11.1 Å². The Morgan fingerprint density at radius 1 is 1.52 bits per heavy atom. The van der Waals surface area contributed by atoms with Crippen LogP contribution in [0.15, 0.2) is 0 Å². The maximum absolute atomic E-state index is 12.3. The third-order valence-electron chi connectivity index (χ3n) is 3.72. The lowest BCUT2D eigenvalue weighted by molar-refractivity contribution is 0.0953. The molecule has 0 aliphatic carbocycles. The summed E-state index contributed by atoms with van der Waals surface area (Å²) in [5.74, 6) is -0.106. The van der Waals surface area contributed by atoms with Gasteiger partial charge in [0.15, 0.2) is 0 Å². The van der Waals surface area contributed by atoms with Crippen LogP contribution in [0.5, 0.6) is 0 Å². The van der Waals surface area contributed by atoms with Crippen molar-refractivity contribution in [2.75, 3.05) is 25.9 Å². The van der Waals surface area contributed by atoms with Crippen molar-refractivity contribution >= 4 is 33.1 Å². The largest absolute Gasteiger partial charge is 0.397 e. The van der Waals surface area contributed by atoms with Gasteiger partial charge in [0, 0.05) is 26.2 Å². The normalized spacial score (nSPS) is 11.8. The van der Waals surface area contributed by atoms with Gasteiger partial charge in [0.05, 0.1) is 16.8 Å². The minimum Gasteiger partial charge on any atom is -0.397 e. The van der Waals surface area contributed by atoms with E-state index < -0.39 is 0 Å². The summed E-state index contributed by atoms with van der Waals surface area (Å²) in [6, 6.07) is 0.463. The van der Waals surface area contributed by atoms with Gasteiger partial charge in [-0.3, -0.25) is 9.48 Å². The molecule has 2 rings (SSSR count). The lowest BCUT2D eigenvalue weighted by Gasteiger charge is -2.20. The second kappa shape index (κ2) is 6.03. The number of aryl methyl sites for hydroxylation is 2. The number of hydrogen-bond acceptors (Lipinski definition) is 5. The molecule has 1 amide bonds. The zero-order valence-electron chi connectivity index (χ0n) is 13.2. The van der Waals surface area contributed by atoms with Crippen molar-refractivity contribution in [1.82, 2.24) is 20.0 Å². The van der Waals surface area contributed by atoms with E-state index in [9.17, 15) is 4.79 Å². The SMILES string of the molecule is Cc1nn(C)c2sc(C(=O)NCCN(C)C(C)C)c(N)c12. The van der Waals surface area contributed by atoms with E-state index in [1.54, 1.807) is 4.68 Å². The maximum Gasteiger partial charge on any atom is 0.263 e. The summed E-state index contributed by atoms with van der Waals surface area (Å²) in [5, 5.41) is 8.16. The summed E-state index contributed by atoms with van der Waals surface area (Å²) in [4.78, 5) is 16.0. The quantitative estimate of drug-likeness (QED) is 0.879. The van der Waals surface area contributed by atoms with Crippen LogP contribution in [-0.2, 0) is 7.05 Å². The predicted molar refractivity (Wildman–Crippen MR) is 87.8 cm³/mol. The van der Waals surface area contributed by atoms with Crippen LogP contribution in [0.1, 0.15) is 29.2 Å². The standard InChI is InChI=1S/C14H23N5OS/c1-8(2)18(4)7-6-16-13(20)12-11(15)10-9(3)17-19(5)14(10)21-12/h8H,6-7,15H2,1-5H3,(H,16,20). The third kappa shape index (κ3) is 3.03. The van der Waals surface area contributed by atoms with E-state index >= 15 is 0 Å². The van der Waals surface area contributed by atoms with Crippen molar-refractivity contribution in [2.45, 2.75) is 26.8 Å². The molecule has 2 aromatic heterocycles. The maximum atomic E-state index is 12.3. The Labute approximate surface area is 128 Å². The van der Waals surface area contributed by atoms with Crippen molar-refractivity contribution in [1.29, 1.82) is 0 Å². The Kier molecular flexibility index (Phi) is 4.53. The molecule has 116 valence electrons. The number of nitrogens with zero attached hydrogens (tertiary/aromatic N) is 3. The Morgan fingerprint density at radius 3 is 2.76 bits per heavy atom. The first-order valence-corrected chi connectivity index (χ1v) is 7.84. The highest BCUT2D eigenvalue weighted by Gasteiger charge is 2.20. The number of amides is 1. The number of carbonyl (C=O) groups excluding carboxylic acids is 1. The molecule has 3 N–H and O–H groups in total. The third-order valence-corrected chi connectivity index (χ3v) is 4.99. The molecule has 0 radical (unpaired) electrons. The summed E-state index contributed by atoms with van der Waals surface area (Å²) < 4.78 is 1.77. The zero-order valence-corrected chi connectivity index (χ0v) is 14.0. The van der Waals surface area contributed by atoms with E-state index in [1.165, 1.54) is 11.3 Å². The van der Waals surface area contributed by atoms with Gasteiger partial charge in [0.1, 0.15) is 9.71 Å². The number of hydrogen-bond donors (Lipinski definition) is 2. The van der Waals surface area contributed by atoms with Crippen molar-refractivity contribution in [2.24, 2.45) is 7.05 Å². The lowest BCUT2D eigenvalue weighted by atomic mass is 10.2. The van der Waals surface area contributed by atoms with Crippen LogP contribution in [0, 0.1) is 6.92 Å². The second-order valence-corrected chi connectivity index (χ2v) is 6.56. The molecule has 0 unspecified atom stereocenters. The van der Waals surface area contributed by atoms with Gasteiger partial charge in [-0.15, -0.1) is 11.3 Å². The Bertz CT molecular complexity index is 658. The molecule has 21 heavy (non-hydrogen) atoms. The molecule has 7 heteroatoms. The highest BCUT2D eigenvalue weighted by molar-refractivity contribution is 7.21. The summed E-state index contributed by atoms with van der Waals surface area (Å²) >= 11 is 1.39. The minimum absolute atomic E-state index is 0.106. The van der Waals surface area contributed by atoms with E-state index in [4.69, 9.17) is 5.73 Å². The fraction of sp³-hybridized carbons (Fsp3) is 0.571. The first kappa shape index (κ1) is 15.8. The summed E-state index contributed by atoms with van der Waals surface area (Å²) in [6.07, 6.45) is 0. The summed E-state index contributed by atoms with van der Waals surface area (Å²) in [7, 11) is 3.91. The average Bonchev–Trinajstić information content (AvgIpc) is 2.89. The van der Waals surface area contributed by atoms with E-state index in [1.807, 2.05) is 21.0 Å². The molecule has 0 atom stereocenters. The molecule has 0 aromatic carbocycles. The van der Waals surface area contributed by atoms with Gasteiger partial charge in [-0.1, -0.05) is 0 Å². The van der Waals surface area contributed by atoms with Crippen LogP contribution in [0.3, 0.4) is 0 Å². The number of nitrogen functional groups attached to an aromatic ring is 1. The number of anilines is 1. The van der Waals surface area contributed by atoms with Crippen LogP contribution in [0.4, 0.5) is 5.69 Å². The molecule has 0 fully saturated rings. The van der Waals surface area contributed by atoms with E-state index in [2.05, 4.69) is 29.2 Å². The fourth-order valence-corrected chi connectivity index (χ4v) is 3.29. The van der Waals surface area contributed by atoms with Crippen molar-refractivity contribution in [3.63, 3.8) is 0 Å². The number of aromatic nitrogens is 2. The highest BCUT2D eigenvalue weighted by atomic mass is 32.1. The fourth-order valence-electron chi connectivity index (χ4n) is 2.18. The summed E-state index contributed by atoms with van der Waals surface area (Å²) in [6.45, 7) is 7.58. The predicted octanol–water partition coefficient (Wildman–Crippen LogP) is 1.60. The average molecular weight is 309 g/mol. The number of likely N-dealkylation sites (N-methyl/N-ethyl adjacent to an activating group) is 1. The number of nitrogens with one attached hydrogen (secondary N) is 1. The van der Waals surface area contributed by atoms with Gasteiger partial charge in [0.25, 0.3) is 5.91 Å². The van der Waals surface area contributed by atoms with E-state index in [0.29, 0.717) is 23.2 Å². The van der Waals surface area contributed by atoms with Gasteiger partial charge >= 0.3 is 0 Å². The monoisotopic (exact) mass is 309 g/mol. The molecule has 0 aliphatic rings. The molecule has 0 spiro atoms. The Hall–Kier alpha value is -1.60. The van der Waals surface area contributed by atoms with E-state index in [-0.39, 0.29) is 5.91 Å². The Balaban J connectivity index is 2.10. The molecular weight excluding hydrogens is 286 g/mol. The number of carbonyl (C=O) groups is 1. The van der Waals surface area contributed by atoms with Crippen molar-refractivity contribution < 1.29 is 4.79 Å². The smallest absolute Gasteiger partial charge is 0.263 e. The van der Waals surface area contributed by atoms with Gasteiger partial charge in [-0.05, 0) is 27.8 Å². The zero-order chi connectivity index (χ0) is 15.7. The number of nitrogens with two attached hydrogens (primary N) is 1. The topological polar surface area (TPSA) is 76.2 Å². The van der Waals surface area contributed by atoms with Crippen LogP contribution in [0.2, 0.25) is 0 Å². The summed E-state index contributed by atoms with van der Waals surface area (Å²) in [5.41, 5.74) is 7.52. The molecule has 0 aliphatic heterocycles. The first-order chi connectivity index (χ1) is 9.82.